The third-order valence-electron chi connectivity index (χ3n) is 10.5. The molecule has 2 unspecified atom stereocenters. The molecule has 33 heavy (non-hydrogen) atoms. The minimum Gasteiger partial charge on any atom is -0.461 e. The standard InChI is InChI=1S/C26H44O7/c1-6-7-8-9-20(29)33-21-15-10-11-16-24(5,31)17-12-18(27)22(2,3)26(17,32)19(28)13-25(16,21)14-23(15,4)30/h15-19,21,27-28,30-32H,6-14H2,1-5H3/t15-,16-,17-,18-,19-,21?,23+,24+,25?,26-/m0/s1. The Hall–Kier alpha value is -0.730. The number of fused-ring (bicyclic) bond motifs is 2. The summed E-state index contributed by atoms with van der Waals surface area (Å²) in [6, 6.07) is 0. The highest BCUT2D eigenvalue weighted by molar-refractivity contribution is 5.69. The van der Waals surface area contributed by atoms with Crippen LogP contribution >= 0.6 is 0 Å². The maximum absolute atomic E-state index is 12.8. The monoisotopic (exact) mass is 468 g/mol. The molecule has 0 aromatic rings. The Morgan fingerprint density at radius 1 is 0.970 bits per heavy atom. The van der Waals surface area contributed by atoms with E-state index in [9.17, 15) is 30.3 Å². The van der Waals surface area contributed by atoms with Gasteiger partial charge in [0, 0.05) is 29.1 Å². The molecule has 190 valence electrons. The van der Waals surface area contributed by atoms with E-state index in [4.69, 9.17) is 4.74 Å². The molecule has 0 aromatic carbocycles. The maximum Gasteiger partial charge on any atom is 0.306 e. The molecule has 1 spiro atoms. The smallest absolute Gasteiger partial charge is 0.306 e. The number of ether oxygens (including phenoxy) is 1. The molecule has 5 N–H and O–H groups in total. The average Bonchev–Trinajstić information content (AvgIpc) is 2.93. The lowest BCUT2D eigenvalue weighted by Gasteiger charge is -2.52. The van der Waals surface area contributed by atoms with Gasteiger partial charge in [0.1, 0.15) is 11.7 Å². The first-order valence-electron chi connectivity index (χ1n) is 12.9. The van der Waals surface area contributed by atoms with E-state index in [-0.39, 0.29) is 24.7 Å². The molecule has 0 amide bonds. The zero-order chi connectivity index (χ0) is 24.6. The first-order chi connectivity index (χ1) is 15.2. The van der Waals surface area contributed by atoms with Gasteiger partial charge in [0.05, 0.1) is 23.4 Å². The molecular weight excluding hydrogens is 424 g/mol. The van der Waals surface area contributed by atoms with Crippen LogP contribution in [0.25, 0.3) is 0 Å². The molecule has 10 atom stereocenters. The number of hydrogen-bond donors (Lipinski definition) is 5. The van der Waals surface area contributed by atoms with Crippen LogP contribution in [-0.4, -0.2) is 66.6 Å². The van der Waals surface area contributed by atoms with Gasteiger partial charge in [0.2, 0.25) is 0 Å². The number of unbranched alkanes of at least 4 members (excludes halogenated alkanes) is 2. The van der Waals surface area contributed by atoms with E-state index in [0.29, 0.717) is 25.7 Å². The molecule has 4 fully saturated rings. The molecule has 7 heteroatoms. The van der Waals surface area contributed by atoms with Gasteiger partial charge in [-0.1, -0.05) is 33.6 Å². The van der Waals surface area contributed by atoms with Gasteiger partial charge >= 0.3 is 5.97 Å². The average molecular weight is 469 g/mol. The number of rotatable bonds is 5. The fraction of sp³-hybridized carbons (Fsp3) is 0.962. The number of aliphatic hydroxyl groups excluding tert-OH is 2. The zero-order valence-corrected chi connectivity index (χ0v) is 20.9. The van der Waals surface area contributed by atoms with Gasteiger partial charge in [0.15, 0.2) is 0 Å². The summed E-state index contributed by atoms with van der Waals surface area (Å²) in [4.78, 5) is 12.8. The molecule has 0 radical (unpaired) electrons. The predicted molar refractivity (Wildman–Crippen MR) is 122 cm³/mol. The zero-order valence-electron chi connectivity index (χ0n) is 20.9. The molecule has 4 saturated carbocycles. The van der Waals surface area contributed by atoms with Crippen LogP contribution in [0.15, 0.2) is 0 Å². The summed E-state index contributed by atoms with van der Waals surface area (Å²) < 4.78 is 6.09. The number of carbonyl (C=O) groups excluding carboxylic acids is 1. The van der Waals surface area contributed by atoms with Gasteiger partial charge in [-0.25, -0.2) is 0 Å². The highest BCUT2D eigenvalue weighted by Crippen LogP contribution is 2.70. The van der Waals surface area contributed by atoms with Crippen LogP contribution in [-0.2, 0) is 9.53 Å². The Morgan fingerprint density at radius 3 is 2.27 bits per heavy atom. The van der Waals surface area contributed by atoms with E-state index >= 15 is 0 Å². The third kappa shape index (κ3) is 3.36. The van der Waals surface area contributed by atoms with Crippen molar-refractivity contribution in [2.75, 3.05) is 0 Å². The summed E-state index contributed by atoms with van der Waals surface area (Å²) in [6.07, 6.45) is 2.04. The van der Waals surface area contributed by atoms with Crippen molar-refractivity contribution in [1.82, 2.24) is 0 Å². The summed E-state index contributed by atoms with van der Waals surface area (Å²) in [7, 11) is 0. The van der Waals surface area contributed by atoms with Crippen LogP contribution in [0.3, 0.4) is 0 Å². The number of carbonyl (C=O) groups is 1. The van der Waals surface area contributed by atoms with Crippen molar-refractivity contribution in [2.24, 2.45) is 28.6 Å². The van der Waals surface area contributed by atoms with Crippen molar-refractivity contribution in [2.45, 2.75) is 128 Å². The van der Waals surface area contributed by atoms with Crippen LogP contribution in [0.1, 0.15) is 92.4 Å². The first-order valence-corrected chi connectivity index (χ1v) is 12.9. The molecular formula is C26H44O7. The summed E-state index contributed by atoms with van der Waals surface area (Å²) in [5.41, 5.74) is -6.11. The molecule has 7 nitrogen and oxygen atoms in total. The van der Waals surface area contributed by atoms with Crippen LogP contribution in [0.5, 0.6) is 0 Å². The van der Waals surface area contributed by atoms with E-state index in [0.717, 1.165) is 19.3 Å². The topological polar surface area (TPSA) is 127 Å². The Kier molecular flexibility index (Phi) is 6.06. The van der Waals surface area contributed by atoms with Crippen molar-refractivity contribution in [3.8, 4) is 0 Å². The van der Waals surface area contributed by atoms with Crippen molar-refractivity contribution in [1.29, 1.82) is 0 Å². The molecule has 2 bridgehead atoms. The summed E-state index contributed by atoms with van der Waals surface area (Å²) in [5, 5.41) is 57.8. The summed E-state index contributed by atoms with van der Waals surface area (Å²) in [5.74, 6) is -1.71. The van der Waals surface area contributed by atoms with E-state index in [2.05, 4.69) is 6.92 Å². The molecule has 4 aliphatic carbocycles. The van der Waals surface area contributed by atoms with Crippen LogP contribution < -0.4 is 0 Å². The van der Waals surface area contributed by atoms with Crippen molar-refractivity contribution in [3.05, 3.63) is 0 Å². The van der Waals surface area contributed by atoms with Gasteiger partial charge in [-0.05, 0) is 58.3 Å². The van der Waals surface area contributed by atoms with Gasteiger partial charge in [-0.15, -0.1) is 0 Å². The quantitative estimate of drug-likeness (QED) is 0.309. The van der Waals surface area contributed by atoms with Crippen LogP contribution in [0.4, 0.5) is 0 Å². The second kappa shape index (κ2) is 7.89. The highest BCUT2D eigenvalue weighted by atomic mass is 16.5. The van der Waals surface area contributed by atoms with Crippen LogP contribution in [0, 0.1) is 28.6 Å². The Morgan fingerprint density at radius 2 is 1.64 bits per heavy atom. The normalized spacial score (nSPS) is 52.7. The summed E-state index contributed by atoms with van der Waals surface area (Å²) >= 11 is 0. The van der Waals surface area contributed by atoms with Gasteiger partial charge in [0.25, 0.3) is 0 Å². The third-order valence-corrected chi connectivity index (χ3v) is 10.5. The lowest BCUT2D eigenvalue weighted by atomic mass is 9.57. The van der Waals surface area contributed by atoms with E-state index in [1.54, 1.807) is 27.7 Å². The molecule has 4 rings (SSSR count). The predicted octanol–water partition coefficient (Wildman–Crippen LogP) is 2.30. The van der Waals surface area contributed by atoms with Crippen molar-refractivity contribution >= 4 is 5.97 Å². The van der Waals surface area contributed by atoms with Gasteiger partial charge < -0.3 is 30.3 Å². The van der Waals surface area contributed by atoms with Crippen LogP contribution in [0.2, 0.25) is 0 Å². The fourth-order valence-electron chi connectivity index (χ4n) is 8.68. The summed E-state index contributed by atoms with van der Waals surface area (Å²) in [6.45, 7) is 9.02. The van der Waals surface area contributed by atoms with E-state index < -0.39 is 57.8 Å². The Bertz CT molecular complexity index is 777. The van der Waals surface area contributed by atoms with Crippen molar-refractivity contribution < 1.29 is 35.1 Å². The van der Waals surface area contributed by atoms with E-state index in [1.807, 2.05) is 0 Å². The minimum absolute atomic E-state index is 0.108. The number of esters is 1. The Balaban J connectivity index is 1.77. The molecule has 0 heterocycles. The van der Waals surface area contributed by atoms with E-state index in [1.165, 1.54) is 0 Å². The number of hydrogen-bond acceptors (Lipinski definition) is 7. The maximum atomic E-state index is 12.8. The number of aliphatic hydroxyl groups is 5. The molecule has 4 aliphatic rings. The fourth-order valence-corrected chi connectivity index (χ4v) is 8.68. The second-order valence-corrected chi connectivity index (χ2v) is 12.7. The van der Waals surface area contributed by atoms with Gasteiger partial charge in [-0.2, -0.15) is 0 Å². The first kappa shape index (κ1) is 25.4. The SMILES string of the molecule is CCCCCC(=O)OC1[C@@H]2CC[C@@H]3C1(C[C@H](O)[C@@]1(O)[C@@H](C[C@H](O)C1(C)C)[C@]3(C)O)C[C@@]2(C)O. The minimum atomic E-state index is -1.71. The lowest BCUT2D eigenvalue weighted by Crippen LogP contribution is -2.60. The van der Waals surface area contributed by atoms with Gasteiger partial charge in [-0.3, -0.25) is 4.79 Å². The lowest BCUT2D eigenvalue weighted by molar-refractivity contribution is -0.202. The molecule has 0 aromatic heterocycles. The highest BCUT2D eigenvalue weighted by Gasteiger charge is 2.77. The van der Waals surface area contributed by atoms with Crippen molar-refractivity contribution in [3.63, 3.8) is 0 Å². The molecule has 0 aliphatic heterocycles. The second-order valence-electron chi connectivity index (χ2n) is 12.7. The molecule has 0 saturated heterocycles. The largest absolute Gasteiger partial charge is 0.461 e. The Labute approximate surface area is 197 Å².